The molecule has 1 fully saturated rings. The molecule has 1 N–H and O–H groups in total. The van der Waals surface area contributed by atoms with E-state index in [4.69, 9.17) is 18.9 Å². The summed E-state index contributed by atoms with van der Waals surface area (Å²) in [6.45, 7) is 1.73. The summed E-state index contributed by atoms with van der Waals surface area (Å²) in [7, 11) is 4.40. The van der Waals surface area contributed by atoms with Crippen LogP contribution in [-0.4, -0.2) is 44.7 Å². The minimum atomic E-state index is -1.54. The Bertz CT molecular complexity index is 1030. The Morgan fingerprint density at radius 1 is 1.12 bits per heavy atom. The van der Waals surface area contributed by atoms with Crippen LogP contribution >= 0.6 is 0 Å². The molecule has 2 aromatic rings. The van der Waals surface area contributed by atoms with E-state index in [0.29, 0.717) is 22.8 Å². The summed E-state index contributed by atoms with van der Waals surface area (Å²) in [6.07, 6.45) is 0.164. The highest BCUT2D eigenvalue weighted by molar-refractivity contribution is 6.13. The highest BCUT2D eigenvalue weighted by atomic mass is 16.6. The summed E-state index contributed by atoms with van der Waals surface area (Å²) in [5.74, 6) is -0.779. The average molecular weight is 444 g/mol. The average Bonchev–Trinajstić information content (AvgIpc) is 3.55. The first kappa shape index (κ1) is 22.9. The molecule has 2 atom stereocenters. The topological polar surface area (TPSA) is 126 Å². The van der Waals surface area contributed by atoms with Crippen LogP contribution < -0.4 is 19.5 Å². The number of nitro groups is 1. The Morgan fingerprint density at radius 3 is 2.28 bits per heavy atom. The molecular weight excluding hydrogens is 420 g/mol. The van der Waals surface area contributed by atoms with Gasteiger partial charge in [0.25, 0.3) is 5.69 Å². The Kier molecular flexibility index (Phi) is 6.52. The van der Waals surface area contributed by atoms with Gasteiger partial charge in [0.15, 0.2) is 16.9 Å². The molecule has 0 heterocycles. The highest BCUT2D eigenvalue weighted by Crippen LogP contribution is 2.62. The van der Waals surface area contributed by atoms with Gasteiger partial charge in [-0.25, -0.2) is 0 Å². The molecule has 170 valence electrons. The van der Waals surface area contributed by atoms with E-state index in [2.05, 4.69) is 5.32 Å². The van der Waals surface area contributed by atoms with Crippen molar-refractivity contribution in [1.82, 2.24) is 0 Å². The fraction of sp³-hybridized carbons (Fsp3) is 0.364. The van der Waals surface area contributed by atoms with Gasteiger partial charge in [-0.15, -0.1) is 0 Å². The second kappa shape index (κ2) is 9.13. The molecule has 1 aliphatic carbocycles. The third-order valence-corrected chi connectivity index (χ3v) is 5.44. The van der Waals surface area contributed by atoms with Crippen LogP contribution in [0.4, 0.5) is 11.4 Å². The zero-order chi connectivity index (χ0) is 23.5. The minimum Gasteiger partial charge on any atom is -0.493 e. The lowest BCUT2D eigenvalue weighted by Crippen LogP contribution is -2.34. The van der Waals surface area contributed by atoms with Gasteiger partial charge < -0.3 is 24.3 Å². The van der Waals surface area contributed by atoms with Gasteiger partial charge in [-0.2, -0.15) is 0 Å². The molecule has 1 aliphatic rings. The number of amides is 1. The Balaban J connectivity index is 2.01. The molecule has 1 amide bonds. The van der Waals surface area contributed by atoms with Gasteiger partial charge in [-0.3, -0.25) is 19.7 Å². The molecular formula is C22H24N2O8. The largest absolute Gasteiger partial charge is 0.493 e. The van der Waals surface area contributed by atoms with Gasteiger partial charge in [-0.05, 0) is 37.1 Å². The zero-order valence-corrected chi connectivity index (χ0v) is 18.2. The lowest BCUT2D eigenvalue weighted by Gasteiger charge is -2.18. The van der Waals surface area contributed by atoms with E-state index in [1.54, 1.807) is 25.1 Å². The van der Waals surface area contributed by atoms with Crippen molar-refractivity contribution in [2.24, 2.45) is 5.41 Å². The van der Waals surface area contributed by atoms with Gasteiger partial charge >= 0.3 is 5.97 Å². The van der Waals surface area contributed by atoms with Crippen LogP contribution in [0, 0.1) is 15.5 Å². The molecule has 0 aliphatic heterocycles. The van der Waals surface area contributed by atoms with Crippen LogP contribution in [0.2, 0.25) is 0 Å². The number of carbonyl (C=O) groups is 2. The monoisotopic (exact) mass is 444 g/mol. The van der Waals surface area contributed by atoms with E-state index in [1.807, 2.05) is 0 Å². The maximum absolute atomic E-state index is 13.3. The second-order valence-corrected chi connectivity index (χ2v) is 7.14. The Labute approximate surface area is 184 Å². The number of hydrogen-bond acceptors (Lipinski definition) is 8. The van der Waals surface area contributed by atoms with Crippen molar-refractivity contribution in [2.75, 3.05) is 33.3 Å². The molecule has 0 radical (unpaired) electrons. The molecule has 0 saturated heterocycles. The number of benzene rings is 2. The quantitative estimate of drug-likeness (QED) is 0.270. The number of ether oxygens (including phenoxy) is 4. The van der Waals surface area contributed by atoms with E-state index < -0.39 is 28.1 Å². The number of esters is 1. The predicted molar refractivity (Wildman–Crippen MR) is 114 cm³/mol. The first-order valence-corrected chi connectivity index (χ1v) is 9.86. The van der Waals surface area contributed by atoms with E-state index in [0.717, 1.165) is 0 Å². The Hall–Kier alpha value is -3.82. The smallest absolute Gasteiger partial charge is 0.322 e. The second-order valence-electron chi connectivity index (χ2n) is 7.14. The lowest BCUT2D eigenvalue weighted by molar-refractivity contribution is -0.383. The molecule has 0 unspecified atom stereocenters. The first-order valence-electron chi connectivity index (χ1n) is 9.86. The summed E-state index contributed by atoms with van der Waals surface area (Å²) < 4.78 is 21.3. The van der Waals surface area contributed by atoms with Crippen LogP contribution in [0.1, 0.15) is 24.8 Å². The zero-order valence-electron chi connectivity index (χ0n) is 18.2. The Morgan fingerprint density at radius 2 is 1.75 bits per heavy atom. The molecule has 0 bridgehead atoms. The van der Waals surface area contributed by atoms with Crippen LogP contribution in [0.15, 0.2) is 36.4 Å². The molecule has 0 spiro atoms. The number of carbonyl (C=O) groups excluding carboxylic acids is 2. The standard InChI is InChI=1S/C22H24N2O8/c1-5-32-21(26)22(20(25)23-15-8-6-7-9-16(15)24(27)28)12-14(22)13-10-17(29-2)19(31-4)18(11-13)30-3/h6-11,14H,5,12H2,1-4H3,(H,23,25)/t14-,22-/m0/s1. The van der Waals surface area contributed by atoms with Crippen molar-refractivity contribution in [3.63, 3.8) is 0 Å². The highest BCUT2D eigenvalue weighted by Gasteiger charge is 2.67. The van der Waals surface area contributed by atoms with Gasteiger partial charge in [0.05, 0.1) is 32.9 Å². The predicted octanol–water partition coefficient (Wildman–Crippen LogP) is 3.30. The number of para-hydroxylation sites is 2. The number of rotatable bonds is 9. The maximum Gasteiger partial charge on any atom is 0.322 e. The van der Waals surface area contributed by atoms with Crippen molar-refractivity contribution >= 4 is 23.3 Å². The fourth-order valence-electron chi connectivity index (χ4n) is 3.77. The molecule has 3 rings (SSSR count). The number of nitrogens with zero attached hydrogens (tertiary/aromatic N) is 1. The van der Waals surface area contributed by atoms with Crippen LogP contribution in [0.25, 0.3) is 0 Å². The van der Waals surface area contributed by atoms with E-state index in [-0.39, 0.29) is 24.4 Å². The van der Waals surface area contributed by atoms with Crippen molar-refractivity contribution in [3.8, 4) is 17.2 Å². The summed E-state index contributed by atoms with van der Waals surface area (Å²) in [4.78, 5) is 36.9. The summed E-state index contributed by atoms with van der Waals surface area (Å²) in [6, 6.07) is 9.08. The summed E-state index contributed by atoms with van der Waals surface area (Å²) in [5, 5.41) is 13.9. The number of anilines is 1. The van der Waals surface area contributed by atoms with E-state index in [1.165, 1.54) is 39.5 Å². The van der Waals surface area contributed by atoms with Gasteiger partial charge in [0.2, 0.25) is 11.7 Å². The van der Waals surface area contributed by atoms with Crippen molar-refractivity contribution in [1.29, 1.82) is 0 Å². The summed E-state index contributed by atoms with van der Waals surface area (Å²) >= 11 is 0. The first-order chi connectivity index (χ1) is 15.3. The van der Waals surface area contributed by atoms with Gasteiger partial charge in [0.1, 0.15) is 5.69 Å². The van der Waals surface area contributed by atoms with Gasteiger partial charge in [0, 0.05) is 12.0 Å². The maximum atomic E-state index is 13.3. The number of nitro benzene ring substituents is 1. The SMILES string of the molecule is CCOC(=O)[C@@]1(C(=O)Nc2ccccc2[N+](=O)[O-])C[C@H]1c1cc(OC)c(OC)c(OC)c1. The molecule has 10 nitrogen and oxygen atoms in total. The molecule has 10 heteroatoms. The van der Waals surface area contributed by atoms with Crippen LogP contribution in [0.5, 0.6) is 17.2 Å². The number of methoxy groups -OCH3 is 3. The van der Waals surface area contributed by atoms with E-state index >= 15 is 0 Å². The van der Waals surface area contributed by atoms with Crippen LogP contribution in [-0.2, 0) is 14.3 Å². The molecule has 32 heavy (non-hydrogen) atoms. The third-order valence-electron chi connectivity index (χ3n) is 5.44. The minimum absolute atomic E-state index is 0.00159. The number of hydrogen-bond donors (Lipinski definition) is 1. The van der Waals surface area contributed by atoms with Crippen LogP contribution in [0.3, 0.4) is 0 Å². The normalized spacial score (nSPS) is 18.9. The fourth-order valence-corrected chi connectivity index (χ4v) is 3.77. The molecule has 2 aromatic carbocycles. The van der Waals surface area contributed by atoms with Crippen molar-refractivity contribution in [3.05, 3.63) is 52.1 Å². The van der Waals surface area contributed by atoms with Crippen molar-refractivity contribution < 1.29 is 33.5 Å². The third kappa shape index (κ3) is 3.91. The lowest BCUT2D eigenvalue weighted by atomic mass is 9.97. The summed E-state index contributed by atoms with van der Waals surface area (Å²) in [5.41, 5.74) is -1.19. The molecule has 0 aromatic heterocycles. The number of nitrogens with one attached hydrogen (secondary N) is 1. The van der Waals surface area contributed by atoms with E-state index in [9.17, 15) is 19.7 Å². The van der Waals surface area contributed by atoms with Gasteiger partial charge in [-0.1, -0.05) is 12.1 Å². The van der Waals surface area contributed by atoms with Crippen molar-refractivity contribution in [2.45, 2.75) is 19.3 Å². The molecule has 1 saturated carbocycles.